The molecule has 0 bridgehead atoms. The molecule has 0 heterocycles. The molecule has 0 spiro atoms. The third-order valence-electron chi connectivity index (χ3n) is 4.52. The Balaban J connectivity index is 0.000000847. The number of fused-ring (bicyclic) bond motifs is 1. The Morgan fingerprint density at radius 1 is 1.05 bits per heavy atom. The van der Waals surface area contributed by atoms with Crippen LogP contribution in [0.4, 0.5) is 0 Å². The van der Waals surface area contributed by atoms with Crippen molar-refractivity contribution >= 4 is 16.6 Å². The van der Waals surface area contributed by atoms with Crippen molar-refractivity contribution in [3.05, 3.63) is 48.0 Å². The minimum Gasteiger partial charge on any atom is -0.378 e. The maximum atomic E-state index is 12.7. The van der Waals surface area contributed by atoms with Crippen molar-refractivity contribution in [1.82, 2.24) is 0 Å². The number of methoxy groups -OCH3 is 1. The Labute approximate surface area is 133 Å². The van der Waals surface area contributed by atoms with Gasteiger partial charge in [-0.3, -0.25) is 4.79 Å². The first-order valence-corrected chi connectivity index (χ1v) is 8.30. The van der Waals surface area contributed by atoms with Crippen molar-refractivity contribution in [3.63, 3.8) is 0 Å². The highest BCUT2D eigenvalue weighted by atomic mass is 16.5. The predicted molar refractivity (Wildman–Crippen MR) is 92.5 cm³/mol. The molecule has 2 aromatic rings. The average Bonchev–Trinajstić information content (AvgIpc) is 3.05. The number of hydrogen-bond acceptors (Lipinski definition) is 2. The second-order valence-corrected chi connectivity index (χ2v) is 5.72. The van der Waals surface area contributed by atoms with E-state index >= 15 is 0 Å². The lowest BCUT2D eigenvalue weighted by Crippen LogP contribution is -2.30. The highest BCUT2D eigenvalue weighted by molar-refractivity contribution is 6.08. The third-order valence-corrected chi connectivity index (χ3v) is 4.52. The van der Waals surface area contributed by atoms with Gasteiger partial charge in [0.2, 0.25) is 0 Å². The molecule has 0 saturated heterocycles. The summed E-state index contributed by atoms with van der Waals surface area (Å²) >= 11 is 0. The van der Waals surface area contributed by atoms with Gasteiger partial charge in [-0.15, -0.1) is 0 Å². The molecule has 2 heteroatoms. The number of ketones is 1. The van der Waals surface area contributed by atoms with E-state index in [4.69, 9.17) is 4.74 Å². The zero-order valence-corrected chi connectivity index (χ0v) is 13.9. The normalized spacial score (nSPS) is 16.1. The molecule has 1 aliphatic rings. The van der Waals surface area contributed by atoms with E-state index in [-0.39, 0.29) is 11.4 Å². The predicted octanol–water partition coefficient (Wildman–Crippen LogP) is 5.40. The lowest BCUT2D eigenvalue weighted by atomic mass is 9.90. The quantitative estimate of drug-likeness (QED) is 0.707. The highest BCUT2D eigenvalue weighted by Crippen LogP contribution is 2.37. The van der Waals surface area contributed by atoms with Crippen LogP contribution >= 0.6 is 0 Å². The molecule has 0 radical (unpaired) electrons. The van der Waals surface area contributed by atoms with E-state index in [9.17, 15) is 4.79 Å². The molecule has 0 aromatic heterocycles. The summed E-state index contributed by atoms with van der Waals surface area (Å²) in [6.45, 7) is 4.00. The average molecular weight is 298 g/mol. The van der Waals surface area contributed by atoms with Gasteiger partial charge < -0.3 is 4.74 Å². The van der Waals surface area contributed by atoms with E-state index in [1.807, 2.05) is 56.3 Å². The Morgan fingerprint density at radius 3 is 2.36 bits per heavy atom. The van der Waals surface area contributed by atoms with Crippen LogP contribution in [0.25, 0.3) is 10.8 Å². The summed E-state index contributed by atoms with van der Waals surface area (Å²) in [4.78, 5) is 12.7. The van der Waals surface area contributed by atoms with E-state index in [1.54, 1.807) is 7.11 Å². The van der Waals surface area contributed by atoms with Gasteiger partial charge in [-0.1, -0.05) is 69.2 Å². The molecular weight excluding hydrogens is 272 g/mol. The molecule has 1 saturated carbocycles. The molecule has 0 N–H and O–H groups in total. The largest absolute Gasteiger partial charge is 0.378 e. The maximum Gasteiger partial charge on any atom is 0.166 e. The fraction of sp³-hybridized carbons (Fsp3) is 0.450. The Hall–Kier alpha value is -1.67. The summed E-state index contributed by atoms with van der Waals surface area (Å²) < 4.78 is 5.68. The number of ether oxygens (including phenoxy) is 1. The summed E-state index contributed by atoms with van der Waals surface area (Å²) in [5, 5.41) is 2.17. The molecule has 1 aliphatic carbocycles. The monoisotopic (exact) mass is 298 g/mol. The van der Waals surface area contributed by atoms with Gasteiger partial charge in [-0.05, 0) is 23.6 Å². The summed E-state index contributed by atoms with van der Waals surface area (Å²) in [6, 6.07) is 14.0. The number of hydrogen-bond donors (Lipinski definition) is 0. The lowest BCUT2D eigenvalue weighted by molar-refractivity contribution is -0.00692. The molecule has 2 nitrogen and oxygen atoms in total. The molecular formula is C20H26O2. The molecule has 118 valence electrons. The number of carbonyl (C=O) groups is 1. The second-order valence-electron chi connectivity index (χ2n) is 5.72. The van der Waals surface area contributed by atoms with Gasteiger partial charge in [0.1, 0.15) is 0 Å². The van der Waals surface area contributed by atoms with Crippen LogP contribution in [0.15, 0.2) is 42.5 Å². The minimum atomic E-state index is -0.228. The summed E-state index contributed by atoms with van der Waals surface area (Å²) in [5.41, 5.74) is 0.597. The number of benzene rings is 2. The zero-order chi connectivity index (χ0) is 16.0. The summed E-state index contributed by atoms with van der Waals surface area (Å²) in [6.07, 6.45) is 4.82. The molecule has 0 aliphatic heterocycles. The van der Waals surface area contributed by atoms with Crippen LogP contribution in [-0.4, -0.2) is 18.5 Å². The number of carbonyl (C=O) groups excluding carboxylic acids is 1. The number of rotatable bonds is 4. The van der Waals surface area contributed by atoms with Crippen molar-refractivity contribution in [2.24, 2.45) is 0 Å². The fourth-order valence-corrected chi connectivity index (χ4v) is 3.33. The van der Waals surface area contributed by atoms with Gasteiger partial charge in [-0.2, -0.15) is 0 Å². The topological polar surface area (TPSA) is 26.3 Å². The molecule has 0 atom stereocenters. The first-order chi connectivity index (χ1) is 10.7. The van der Waals surface area contributed by atoms with Gasteiger partial charge in [0, 0.05) is 19.1 Å². The van der Waals surface area contributed by atoms with E-state index in [0.717, 1.165) is 42.0 Å². The van der Waals surface area contributed by atoms with Crippen LogP contribution in [-0.2, 0) is 4.74 Å². The van der Waals surface area contributed by atoms with Crippen LogP contribution in [0, 0.1) is 0 Å². The molecule has 22 heavy (non-hydrogen) atoms. The maximum absolute atomic E-state index is 12.7. The molecule has 1 fully saturated rings. The molecule has 0 unspecified atom stereocenters. The van der Waals surface area contributed by atoms with E-state index in [0.29, 0.717) is 6.42 Å². The van der Waals surface area contributed by atoms with Crippen LogP contribution < -0.4 is 0 Å². The van der Waals surface area contributed by atoms with Crippen molar-refractivity contribution < 1.29 is 9.53 Å². The van der Waals surface area contributed by atoms with Gasteiger partial charge in [-0.25, -0.2) is 0 Å². The van der Waals surface area contributed by atoms with Gasteiger partial charge >= 0.3 is 0 Å². The smallest absolute Gasteiger partial charge is 0.166 e. The molecule has 3 rings (SSSR count). The van der Waals surface area contributed by atoms with Crippen LogP contribution in [0.1, 0.15) is 56.3 Å². The standard InChI is InChI=1S/C18H20O2.C2H6/c1-20-18(11-4-5-12-18)13-17(19)16-10-6-8-14-7-2-3-9-15(14)16;1-2/h2-3,6-10H,4-5,11-13H2,1H3;1-2H3. The Morgan fingerprint density at radius 2 is 1.68 bits per heavy atom. The lowest BCUT2D eigenvalue weighted by Gasteiger charge is -2.26. The zero-order valence-electron chi connectivity index (χ0n) is 13.9. The van der Waals surface area contributed by atoms with Crippen molar-refractivity contribution in [1.29, 1.82) is 0 Å². The first-order valence-electron chi connectivity index (χ1n) is 8.30. The molecule has 2 aromatic carbocycles. The van der Waals surface area contributed by atoms with E-state index < -0.39 is 0 Å². The highest BCUT2D eigenvalue weighted by Gasteiger charge is 2.36. The van der Waals surface area contributed by atoms with Crippen molar-refractivity contribution in [3.8, 4) is 0 Å². The van der Waals surface area contributed by atoms with Crippen molar-refractivity contribution in [2.75, 3.05) is 7.11 Å². The number of Topliss-reactive ketones (excluding diaryl/α,β-unsaturated/α-hetero) is 1. The van der Waals surface area contributed by atoms with Crippen LogP contribution in [0.3, 0.4) is 0 Å². The second kappa shape index (κ2) is 7.55. The SMILES string of the molecule is CC.COC1(CC(=O)c2cccc3ccccc23)CCCC1. The van der Waals surface area contributed by atoms with E-state index in [1.165, 1.54) is 0 Å². The van der Waals surface area contributed by atoms with Gasteiger partial charge in [0.15, 0.2) is 5.78 Å². The Kier molecular flexibility index (Phi) is 5.73. The van der Waals surface area contributed by atoms with Crippen LogP contribution in [0.2, 0.25) is 0 Å². The first kappa shape index (κ1) is 16.7. The van der Waals surface area contributed by atoms with Crippen molar-refractivity contribution in [2.45, 2.75) is 51.6 Å². The third kappa shape index (κ3) is 3.38. The van der Waals surface area contributed by atoms with Gasteiger partial charge in [0.25, 0.3) is 0 Å². The van der Waals surface area contributed by atoms with Gasteiger partial charge in [0.05, 0.1) is 5.60 Å². The molecule has 0 amide bonds. The van der Waals surface area contributed by atoms with E-state index in [2.05, 4.69) is 0 Å². The summed E-state index contributed by atoms with van der Waals surface area (Å²) in [5.74, 6) is 0.200. The van der Waals surface area contributed by atoms with Crippen LogP contribution in [0.5, 0.6) is 0 Å². The Bertz CT molecular complexity index is 619. The fourth-order valence-electron chi connectivity index (χ4n) is 3.33. The summed E-state index contributed by atoms with van der Waals surface area (Å²) in [7, 11) is 1.74. The minimum absolute atomic E-state index is 0.200.